The lowest BCUT2D eigenvalue weighted by molar-refractivity contribution is -0.140. The number of ether oxygens (including phenoxy) is 1. The average molecular weight is 753 g/mol. The van der Waals surface area contributed by atoms with E-state index >= 15 is 0 Å². The van der Waals surface area contributed by atoms with Crippen LogP contribution >= 0.6 is 23.2 Å². The number of carbonyl (C=O) groups excluding carboxylic acids is 2. The van der Waals surface area contributed by atoms with Crippen molar-refractivity contribution in [3.05, 3.63) is 80.8 Å². The molecule has 1 aliphatic heterocycles. The number of carbonyl (C=O) groups is 2. The lowest BCUT2D eigenvalue weighted by Crippen LogP contribution is -2.40. The van der Waals surface area contributed by atoms with Crippen LogP contribution in [0.25, 0.3) is 22.6 Å². The van der Waals surface area contributed by atoms with E-state index in [0.29, 0.717) is 44.6 Å². The molecule has 2 amide bonds. The number of hydrogen-bond donors (Lipinski definition) is 3. The number of aliphatic hydroxyl groups excluding tert-OH is 1. The summed E-state index contributed by atoms with van der Waals surface area (Å²) in [5, 5.41) is 21.9. The summed E-state index contributed by atoms with van der Waals surface area (Å²) in [6.45, 7) is 0.881. The van der Waals surface area contributed by atoms with Gasteiger partial charge in [-0.2, -0.15) is 26.3 Å². The normalized spacial score (nSPS) is 19.2. The maximum Gasteiger partial charge on any atom is 0.419 e. The van der Waals surface area contributed by atoms with Crippen molar-refractivity contribution >= 4 is 35.0 Å². The monoisotopic (exact) mass is 752 g/mol. The first-order valence-corrected chi connectivity index (χ1v) is 15.5. The van der Waals surface area contributed by atoms with E-state index in [1.165, 1.54) is 12.1 Å². The van der Waals surface area contributed by atoms with Crippen molar-refractivity contribution in [2.24, 2.45) is 0 Å². The molecule has 4 aromatic rings. The molecule has 1 aliphatic carbocycles. The van der Waals surface area contributed by atoms with E-state index in [9.17, 15) is 45.4 Å². The van der Waals surface area contributed by atoms with Crippen molar-refractivity contribution in [3.8, 4) is 22.6 Å². The Morgan fingerprint density at radius 1 is 0.800 bits per heavy atom. The van der Waals surface area contributed by atoms with Crippen LogP contribution in [0, 0.1) is 5.82 Å². The topological polar surface area (TPSA) is 140 Å². The fraction of sp³-hybridized carbons (Fsp3) is 0.355. The van der Waals surface area contributed by atoms with Gasteiger partial charge in [0.1, 0.15) is 15.9 Å². The third-order valence-corrected chi connectivity index (χ3v) is 8.47. The molecular formula is C31H25Cl2F7N4O6. The highest BCUT2D eigenvalue weighted by atomic mass is 35.5. The number of aliphatic hydroxyl groups is 1. The molecule has 2 aromatic heterocycles. The second-order valence-corrected chi connectivity index (χ2v) is 12.0. The van der Waals surface area contributed by atoms with Crippen LogP contribution in [0.2, 0.25) is 10.0 Å². The van der Waals surface area contributed by atoms with Crippen molar-refractivity contribution in [2.75, 3.05) is 13.2 Å². The quantitative estimate of drug-likeness (QED) is 0.174. The maximum absolute atomic E-state index is 13.7. The molecule has 0 radical (unpaired) electrons. The van der Waals surface area contributed by atoms with Crippen LogP contribution in [-0.2, 0) is 17.1 Å². The standard InChI is InChI=1S/C16H14ClF3N2O3.C15H11ClF4N2O3/c17-12-13(15(24)21-10-2-1-3-11(10)23)22-25-14(12)8-4-6-9(7-5-8)16(18,19)20;16-11-12(14(23)21-8-3-4-24-6-8)22-25-13(11)7-1-2-9(10(17)5-7)15(18,19)20/h4-7,10-11,23H,1-3H2,(H,21,24);1-2,5,8H,3-4,6H2,(H,21,23)/t10-,11+;8-/m11/s1. The van der Waals surface area contributed by atoms with Crippen LogP contribution in [0.15, 0.2) is 51.5 Å². The van der Waals surface area contributed by atoms with Gasteiger partial charge >= 0.3 is 12.4 Å². The van der Waals surface area contributed by atoms with Gasteiger partial charge < -0.3 is 29.5 Å². The molecule has 1 saturated carbocycles. The fourth-order valence-electron chi connectivity index (χ4n) is 5.14. The summed E-state index contributed by atoms with van der Waals surface area (Å²) in [6.07, 6.45) is -7.20. The number of alkyl halides is 6. The molecule has 0 unspecified atom stereocenters. The molecule has 0 bridgehead atoms. The lowest BCUT2D eigenvalue weighted by atomic mass is 10.1. The molecule has 3 heterocycles. The molecule has 10 nitrogen and oxygen atoms in total. The van der Waals surface area contributed by atoms with Gasteiger partial charge in [-0.15, -0.1) is 0 Å². The Morgan fingerprint density at radius 3 is 1.88 bits per heavy atom. The Morgan fingerprint density at radius 2 is 1.38 bits per heavy atom. The van der Waals surface area contributed by atoms with Crippen molar-refractivity contribution in [1.82, 2.24) is 20.9 Å². The second kappa shape index (κ2) is 15.0. The van der Waals surface area contributed by atoms with Gasteiger partial charge in [0.15, 0.2) is 22.9 Å². The third-order valence-electron chi connectivity index (χ3n) is 7.77. The van der Waals surface area contributed by atoms with E-state index < -0.39 is 47.2 Å². The number of aromatic nitrogens is 2. The van der Waals surface area contributed by atoms with E-state index in [0.717, 1.165) is 24.6 Å². The fourth-order valence-corrected chi connectivity index (χ4v) is 5.67. The molecular weight excluding hydrogens is 728 g/mol. The summed E-state index contributed by atoms with van der Waals surface area (Å²) >= 11 is 12.1. The summed E-state index contributed by atoms with van der Waals surface area (Å²) in [5.74, 6) is -2.87. The van der Waals surface area contributed by atoms with Crippen LogP contribution in [0.1, 0.15) is 57.8 Å². The number of rotatable bonds is 6. The Labute approximate surface area is 287 Å². The van der Waals surface area contributed by atoms with E-state index in [2.05, 4.69) is 20.9 Å². The number of hydrogen-bond acceptors (Lipinski definition) is 8. The second-order valence-electron chi connectivity index (χ2n) is 11.2. The molecule has 2 fully saturated rings. The first-order chi connectivity index (χ1) is 23.5. The molecule has 50 heavy (non-hydrogen) atoms. The minimum absolute atomic E-state index is 0.00696. The lowest BCUT2D eigenvalue weighted by Gasteiger charge is -2.15. The van der Waals surface area contributed by atoms with Gasteiger partial charge in [0.05, 0.1) is 35.9 Å². The Bertz CT molecular complexity index is 1840. The largest absolute Gasteiger partial charge is 0.419 e. The van der Waals surface area contributed by atoms with E-state index in [1.807, 2.05) is 0 Å². The first kappa shape index (κ1) is 37.1. The van der Waals surface area contributed by atoms with Crippen molar-refractivity contribution in [1.29, 1.82) is 0 Å². The zero-order valence-corrected chi connectivity index (χ0v) is 26.8. The Balaban J connectivity index is 0.000000194. The molecule has 6 rings (SSSR count). The zero-order chi connectivity index (χ0) is 36.4. The molecule has 1 saturated heterocycles. The van der Waals surface area contributed by atoms with Gasteiger partial charge in [0, 0.05) is 17.7 Å². The molecule has 2 aromatic carbocycles. The minimum atomic E-state index is -4.82. The third kappa shape index (κ3) is 8.39. The molecule has 268 valence electrons. The van der Waals surface area contributed by atoms with Crippen molar-refractivity contribution in [3.63, 3.8) is 0 Å². The number of halogens is 9. The number of benzene rings is 2. The van der Waals surface area contributed by atoms with Gasteiger partial charge in [0.2, 0.25) is 0 Å². The predicted molar refractivity (Wildman–Crippen MR) is 162 cm³/mol. The van der Waals surface area contributed by atoms with Crippen molar-refractivity contribution < 1.29 is 59.2 Å². The molecule has 3 atom stereocenters. The van der Waals surface area contributed by atoms with Crippen LogP contribution in [0.4, 0.5) is 30.7 Å². The van der Waals surface area contributed by atoms with Gasteiger partial charge in [-0.1, -0.05) is 51.7 Å². The highest BCUT2D eigenvalue weighted by Crippen LogP contribution is 2.37. The van der Waals surface area contributed by atoms with Crippen LogP contribution in [-0.4, -0.2) is 58.6 Å². The summed E-state index contributed by atoms with van der Waals surface area (Å²) < 4.78 is 104. The van der Waals surface area contributed by atoms with Gasteiger partial charge in [-0.3, -0.25) is 9.59 Å². The number of nitrogens with one attached hydrogen (secondary N) is 2. The first-order valence-electron chi connectivity index (χ1n) is 14.8. The number of amides is 2. The number of nitrogens with zero attached hydrogens (tertiary/aromatic N) is 2. The van der Waals surface area contributed by atoms with Crippen LogP contribution in [0.5, 0.6) is 0 Å². The molecule has 2 aliphatic rings. The molecule has 0 spiro atoms. The van der Waals surface area contributed by atoms with E-state index in [1.54, 1.807) is 0 Å². The average Bonchev–Trinajstić information content (AvgIpc) is 3.86. The van der Waals surface area contributed by atoms with Crippen LogP contribution < -0.4 is 10.6 Å². The van der Waals surface area contributed by atoms with Gasteiger partial charge in [-0.25, -0.2) is 4.39 Å². The SMILES string of the molecule is O=C(N[C@@H]1CCC[C@@H]1O)c1noc(-c2ccc(C(F)(F)F)cc2)c1Cl.O=C(N[C@@H]1CCOC1)c1noc(-c2ccc(C(F)(F)F)c(F)c2)c1Cl. The Kier molecular flexibility index (Phi) is 11.1. The summed E-state index contributed by atoms with van der Waals surface area (Å²) in [5.41, 5.74) is -2.41. The van der Waals surface area contributed by atoms with Gasteiger partial charge in [0.25, 0.3) is 11.8 Å². The highest BCUT2D eigenvalue weighted by Gasteiger charge is 2.35. The summed E-state index contributed by atoms with van der Waals surface area (Å²) in [6, 6.07) is 5.79. The summed E-state index contributed by atoms with van der Waals surface area (Å²) in [7, 11) is 0. The predicted octanol–water partition coefficient (Wildman–Crippen LogP) is 7.33. The van der Waals surface area contributed by atoms with Crippen molar-refractivity contribution in [2.45, 2.75) is 56.2 Å². The summed E-state index contributed by atoms with van der Waals surface area (Å²) in [4.78, 5) is 24.3. The van der Waals surface area contributed by atoms with Gasteiger partial charge in [-0.05, 0) is 49.9 Å². The van der Waals surface area contributed by atoms with Crippen LogP contribution in [0.3, 0.4) is 0 Å². The molecule has 3 N–H and O–H groups in total. The minimum Gasteiger partial charge on any atom is -0.391 e. The van der Waals surface area contributed by atoms with E-state index in [-0.39, 0.29) is 56.2 Å². The Hall–Kier alpha value is -4.19. The zero-order valence-electron chi connectivity index (χ0n) is 25.3. The smallest absolute Gasteiger partial charge is 0.391 e. The van der Waals surface area contributed by atoms with E-state index in [4.69, 9.17) is 37.0 Å². The maximum atomic E-state index is 13.7. The molecule has 19 heteroatoms. The highest BCUT2D eigenvalue weighted by molar-refractivity contribution is 6.36.